The lowest BCUT2D eigenvalue weighted by Crippen LogP contribution is -2.56. The number of hydrogen-bond acceptors (Lipinski definition) is 5. The lowest BCUT2D eigenvalue weighted by molar-refractivity contribution is -0.140. The number of benzene rings is 4. The van der Waals surface area contributed by atoms with Gasteiger partial charge in [-0.3, -0.25) is 13.9 Å². The van der Waals surface area contributed by atoms with Gasteiger partial charge in [-0.1, -0.05) is 83.4 Å². The summed E-state index contributed by atoms with van der Waals surface area (Å²) in [5.41, 5.74) is 1.95. The van der Waals surface area contributed by atoms with Crippen LogP contribution < -0.4 is 14.4 Å². The lowest BCUT2D eigenvalue weighted by atomic mass is 10.0. The van der Waals surface area contributed by atoms with Gasteiger partial charge in [-0.2, -0.15) is 0 Å². The van der Waals surface area contributed by atoms with E-state index >= 15 is 0 Å². The summed E-state index contributed by atoms with van der Waals surface area (Å²) < 4.78 is 34.9. The van der Waals surface area contributed by atoms with E-state index in [1.54, 1.807) is 54.6 Å². The number of carbonyl (C=O) groups is 2. The average molecular weight is 697 g/mol. The van der Waals surface area contributed by atoms with E-state index in [-0.39, 0.29) is 34.5 Å². The topological polar surface area (TPSA) is 96.0 Å². The molecule has 8 nitrogen and oxygen atoms in total. The van der Waals surface area contributed by atoms with Gasteiger partial charge in [0.05, 0.1) is 27.7 Å². The van der Waals surface area contributed by atoms with E-state index in [0.717, 1.165) is 15.4 Å². The molecule has 0 aromatic heterocycles. The van der Waals surface area contributed by atoms with Crippen molar-refractivity contribution in [1.29, 1.82) is 0 Å². The van der Waals surface area contributed by atoms with Gasteiger partial charge in [-0.15, -0.1) is 0 Å². The molecule has 4 aromatic rings. The molecule has 2 amide bonds. The van der Waals surface area contributed by atoms with Crippen molar-refractivity contribution in [3.63, 3.8) is 0 Å². The van der Waals surface area contributed by atoms with Crippen molar-refractivity contribution in [3.8, 4) is 5.75 Å². The van der Waals surface area contributed by atoms with Gasteiger partial charge < -0.3 is 15.0 Å². The molecule has 0 bridgehead atoms. The number of methoxy groups -OCH3 is 1. The summed E-state index contributed by atoms with van der Waals surface area (Å²) in [5, 5.41) is 3.64. The highest BCUT2D eigenvalue weighted by atomic mass is 35.5. The zero-order chi connectivity index (χ0) is 34.4. The second kappa shape index (κ2) is 15.2. The Labute approximate surface area is 287 Å². The quantitative estimate of drug-likeness (QED) is 0.171. The standard InChI is InChI=1S/C36H39Cl2N3O5S/c1-25-14-17-30(18-15-25)47(44,45)41(28-12-9-13-29(22-28)46-5)24-34(42)40(23-27-16-19-31(37)32(38)20-27)33(35(43)39-36(2,3)4)21-26-10-7-6-8-11-26/h6-20,22,33H,21,23-24H2,1-5H3,(H,39,43)/t33-/m1/s1. The SMILES string of the molecule is COc1cccc(N(CC(=O)N(Cc2ccc(Cl)c(Cl)c2)[C@H](Cc2ccccc2)C(=O)NC(C)(C)C)S(=O)(=O)c2ccc(C)cc2)c1. The normalized spacial score (nSPS) is 12.2. The molecule has 0 spiro atoms. The summed E-state index contributed by atoms with van der Waals surface area (Å²) in [6.07, 6.45) is 0.180. The van der Waals surface area contributed by atoms with Crippen LogP contribution in [0.15, 0.2) is 102 Å². The third kappa shape index (κ3) is 9.50. The zero-order valence-electron chi connectivity index (χ0n) is 27.0. The highest BCUT2D eigenvalue weighted by Gasteiger charge is 2.35. The monoisotopic (exact) mass is 695 g/mol. The van der Waals surface area contributed by atoms with Crippen molar-refractivity contribution in [3.05, 3.63) is 124 Å². The van der Waals surface area contributed by atoms with Gasteiger partial charge in [-0.05, 0) is 75.2 Å². The van der Waals surface area contributed by atoms with Crippen LogP contribution in [0, 0.1) is 6.92 Å². The molecule has 11 heteroatoms. The van der Waals surface area contributed by atoms with Crippen LogP contribution in [0.5, 0.6) is 5.75 Å². The summed E-state index contributed by atoms with van der Waals surface area (Å²) in [4.78, 5) is 30.1. The van der Waals surface area contributed by atoms with Gasteiger partial charge in [0.25, 0.3) is 10.0 Å². The Hall–Kier alpha value is -4.05. The lowest BCUT2D eigenvalue weighted by Gasteiger charge is -2.35. The van der Waals surface area contributed by atoms with Crippen LogP contribution >= 0.6 is 23.2 Å². The first kappa shape index (κ1) is 35.8. The number of aryl methyl sites for hydroxylation is 1. The van der Waals surface area contributed by atoms with E-state index in [1.165, 1.54) is 24.1 Å². The van der Waals surface area contributed by atoms with Gasteiger partial charge in [0.2, 0.25) is 11.8 Å². The molecule has 0 fully saturated rings. The molecule has 0 saturated heterocycles. The molecule has 0 heterocycles. The second-order valence-electron chi connectivity index (χ2n) is 12.2. The van der Waals surface area contributed by atoms with Gasteiger partial charge in [0.15, 0.2) is 0 Å². The molecule has 4 aromatic carbocycles. The van der Waals surface area contributed by atoms with Crippen molar-refractivity contribution in [2.45, 2.75) is 57.1 Å². The average Bonchev–Trinajstić information content (AvgIpc) is 3.03. The zero-order valence-corrected chi connectivity index (χ0v) is 29.4. The number of rotatable bonds is 12. The molecule has 1 atom stereocenters. The Morgan fingerprint density at radius 1 is 0.851 bits per heavy atom. The van der Waals surface area contributed by atoms with Crippen molar-refractivity contribution in [1.82, 2.24) is 10.2 Å². The maximum atomic E-state index is 14.6. The Bertz CT molecular complexity index is 1810. The molecule has 248 valence electrons. The molecule has 0 unspecified atom stereocenters. The van der Waals surface area contributed by atoms with Crippen LogP contribution in [0.3, 0.4) is 0 Å². The molecule has 0 radical (unpaired) electrons. The number of hydrogen-bond donors (Lipinski definition) is 1. The maximum Gasteiger partial charge on any atom is 0.264 e. The molecule has 1 N–H and O–H groups in total. The Morgan fingerprint density at radius 3 is 2.15 bits per heavy atom. The fraction of sp³-hybridized carbons (Fsp3) is 0.278. The van der Waals surface area contributed by atoms with Crippen molar-refractivity contribution >= 4 is 50.7 Å². The predicted molar refractivity (Wildman–Crippen MR) is 188 cm³/mol. The fourth-order valence-electron chi connectivity index (χ4n) is 4.97. The van der Waals surface area contributed by atoms with Crippen molar-refractivity contribution in [2.24, 2.45) is 0 Å². The van der Waals surface area contributed by atoms with E-state index in [4.69, 9.17) is 27.9 Å². The number of sulfonamides is 1. The third-order valence-corrected chi connectivity index (χ3v) is 9.86. The first-order valence-corrected chi connectivity index (χ1v) is 17.2. The summed E-state index contributed by atoms with van der Waals surface area (Å²) in [5.74, 6) is -0.568. The summed E-state index contributed by atoms with van der Waals surface area (Å²) in [6.45, 7) is 6.78. The largest absolute Gasteiger partial charge is 0.497 e. The number of amides is 2. The molecule has 47 heavy (non-hydrogen) atoms. The first-order valence-electron chi connectivity index (χ1n) is 15.0. The highest BCUT2D eigenvalue weighted by molar-refractivity contribution is 7.92. The smallest absolute Gasteiger partial charge is 0.264 e. The third-order valence-electron chi connectivity index (χ3n) is 7.34. The molecule has 0 aliphatic rings. The minimum Gasteiger partial charge on any atom is -0.497 e. The number of halogens is 2. The molecule has 0 saturated carbocycles. The second-order valence-corrected chi connectivity index (χ2v) is 14.9. The molecular weight excluding hydrogens is 657 g/mol. The summed E-state index contributed by atoms with van der Waals surface area (Å²) in [7, 11) is -2.78. The van der Waals surface area contributed by atoms with Crippen LogP contribution in [-0.4, -0.2) is 50.4 Å². The van der Waals surface area contributed by atoms with Gasteiger partial charge in [0, 0.05) is 24.6 Å². The predicted octanol–water partition coefficient (Wildman–Crippen LogP) is 7.06. The van der Waals surface area contributed by atoms with Gasteiger partial charge in [-0.25, -0.2) is 8.42 Å². The van der Waals surface area contributed by atoms with E-state index in [0.29, 0.717) is 16.3 Å². The Kier molecular flexibility index (Phi) is 11.6. The summed E-state index contributed by atoms with van der Waals surface area (Å²) >= 11 is 12.5. The Morgan fingerprint density at radius 2 is 1.53 bits per heavy atom. The van der Waals surface area contributed by atoms with Crippen LogP contribution in [-0.2, 0) is 32.6 Å². The number of ether oxygens (including phenoxy) is 1. The summed E-state index contributed by atoms with van der Waals surface area (Å²) in [6, 6.07) is 26.2. The molecule has 0 aliphatic heterocycles. The number of nitrogens with zero attached hydrogens (tertiary/aromatic N) is 2. The number of nitrogens with one attached hydrogen (secondary N) is 1. The first-order chi connectivity index (χ1) is 22.2. The van der Waals surface area contributed by atoms with Crippen LogP contribution in [0.1, 0.15) is 37.5 Å². The van der Waals surface area contributed by atoms with Gasteiger partial charge >= 0.3 is 0 Å². The van der Waals surface area contributed by atoms with Gasteiger partial charge in [0.1, 0.15) is 18.3 Å². The van der Waals surface area contributed by atoms with E-state index in [1.807, 2.05) is 58.0 Å². The minimum atomic E-state index is -4.25. The number of anilines is 1. The van der Waals surface area contributed by atoms with Crippen LogP contribution in [0.25, 0.3) is 0 Å². The van der Waals surface area contributed by atoms with Crippen LogP contribution in [0.4, 0.5) is 5.69 Å². The van der Waals surface area contributed by atoms with Crippen molar-refractivity contribution in [2.75, 3.05) is 18.0 Å². The molecular formula is C36H39Cl2N3O5S. The maximum absolute atomic E-state index is 14.6. The molecule has 0 aliphatic carbocycles. The van der Waals surface area contributed by atoms with Crippen LogP contribution in [0.2, 0.25) is 10.0 Å². The molecule has 4 rings (SSSR count). The van der Waals surface area contributed by atoms with Crippen molar-refractivity contribution < 1.29 is 22.7 Å². The Balaban J connectivity index is 1.84. The highest BCUT2D eigenvalue weighted by Crippen LogP contribution is 2.29. The van der Waals surface area contributed by atoms with E-state index < -0.39 is 34.1 Å². The van der Waals surface area contributed by atoms with E-state index in [9.17, 15) is 18.0 Å². The minimum absolute atomic E-state index is 0.0149. The number of carbonyl (C=O) groups excluding carboxylic acids is 2. The fourth-order valence-corrected chi connectivity index (χ4v) is 6.70. The van der Waals surface area contributed by atoms with E-state index in [2.05, 4.69) is 5.32 Å².